The van der Waals surface area contributed by atoms with Crippen molar-refractivity contribution in [2.75, 3.05) is 0 Å². The third-order valence-corrected chi connectivity index (χ3v) is 11.4. The van der Waals surface area contributed by atoms with Crippen LogP contribution in [0, 0.1) is 13.8 Å². The summed E-state index contributed by atoms with van der Waals surface area (Å²) in [5.74, 6) is 0. The van der Waals surface area contributed by atoms with E-state index in [-0.39, 0.29) is 0 Å². The average molecular weight is 353 g/mol. The zero-order valence-corrected chi connectivity index (χ0v) is 18.2. The van der Waals surface area contributed by atoms with E-state index in [1.54, 1.807) is 10.4 Å². The number of allylic oxidation sites excluding steroid dienone is 2. The minimum absolute atomic E-state index is 1.23. The van der Waals surface area contributed by atoms with Crippen LogP contribution in [0.2, 0.25) is 38.3 Å². The van der Waals surface area contributed by atoms with Crippen molar-refractivity contribution in [2.45, 2.75) is 52.1 Å². The van der Waals surface area contributed by atoms with Gasteiger partial charge in [-0.05, 0) is 25.9 Å². The lowest BCUT2D eigenvalue weighted by atomic mass is 10.2. The molecule has 0 spiro atoms. The average Bonchev–Trinajstić information content (AvgIpc) is 2.52. The fourth-order valence-electron chi connectivity index (χ4n) is 3.00. The minimum atomic E-state index is -1.36. The molecular weight excluding hydrogens is 320 g/mol. The van der Waals surface area contributed by atoms with E-state index in [0.717, 1.165) is 0 Å². The van der Waals surface area contributed by atoms with Crippen LogP contribution >= 0.6 is 0 Å². The Balaban J connectivity index is 1.98. The maximum Gasteiger partial charge on any atom is 0.0843 e. The van der Waals surface area contributed by atoms with Gasteiger partial charge in [0.25, 0.3) is 0 Å². The molecule has 24 heavy (non-hydrogen) atoms. The first-order chi connectivity index (χ1) is 11.2. The number of hydrogen-bond donors (Lipinski definition) is 0. The first-order valence-corrected chi connectivity index (χ1v) is 15.4. The van der Waals surface area contributed by atoms with Crippen molar-refractivity contribution >= 4 is 26.5 Å². The summed E-state index contributed by atoms with van der Waals surface area (Å²) in [5.41, 5.74) is 2.70. The molecule has 0 aliphatic rings. The summed E-state index contributed by atoms with van der Waals surface area (Å²) in [6.07, 6.45) is 4.91. The second-order valence-electron chi connectivity index (χ2n) is 8.38. The third-order valence-electron chi connectivity index (χ3n) is 5.09. The first-order valence-electron chi connectivity index (χ1n) is 9.00. The van der Waals surface area contributed by atoms with Crippen molar-refractivity contribution in [1.29, 1.82) is 0 Å². The second kappa shape index (κ2) is 7.67. The highest BCUT2D eigenvalue weighted by Gasteiger charge is 2.23. The largest absolute Gasteiger partial charge is 0.0912 e. The molecule has 0 atom stereocenters. The summed E-state index contributed by atoms with van der Waals surface area (Å²) in [6, 6.07) is 20.8. The molecule has 0 nitrogen and oxygen atoms in total. The van der Waals surface area contributed by atoms with Crippen LogP contribution in [0.3, 0.4) is 0 Å². The molecule has 2 aromatic carbocycles. The quantitative estimate of drug-likeness (QED) is 0.483. The predicted molar refractivity (Wildman–Crippen MR) is 115 cm³/mol. The number of hydrogen-bond acceptors (Lipinski definition) is 0. The maximum absolute atomic E-state index is 2.48. The standard InChI is InChI=1S/C22H32Si2/c1-19-9-13-21(14-10-19)23(3,4)17-7-8-18-24(5,6)22-15-11-20(2)12-16-22/h7-16H,17-18H2,1-6H3. The molecule has 0 bridgehead atoms. The van der Waals surface area contributed by atoms with Gasteiger partial charge in [0.05, 0.1) is 16.1 Å². The van der Waals surface area contributed by atoms with E-state index < -0.39 is 16.1 Å². The van der Waals surface area contributed by atoms with E-state index in [1.165, 1.54) is 23.2 Å². The summed E-state index contributed by atoms with van der Waals surface area (Å²) in [7, 11) is -2.71. The van der Waals surface area contributed by atoms with Gasteiger partial charge in [-0.3, -0.25) is 0 Å². The zero-order valence-electron chi connectivity index (χ0n) is 16.2. The first kappa shape index (κ1) is 18.9. The van der Waals surface area contributed by atoms with Crippen molar-refractivity contribution in [2.24, 2.45) is 0 Å². The van der Waals surface area contributed by atoms with Crippen molar-refractivity contribution in [1.82, 2.24) is 0 Å². The van der Waals surface area contributed by atoms with Crippen LogP contribution in [0.4, 0.5) is 0 Å². The van der Waals surface area contributed by atoms with Gasteiger partial charge in [0.15, 0.2) is 0 Å². The Morgan fingerprint density at radius 1 is 0.583 bits per heavy atom. The van der Waals surface area contributed by atoms with Gasteiger partial charge in [-0.25, -0.2) is 0 Å². The molecule has 0 radical (unpaired) electrons. The highest BCUT2D eigenvalue weighted by molar-refractivity contribution is 6.90. The van der Waals surface area contributed by atoms with E-state index in [4.69, 9.17) is 0 Å². The summed E-state index contributed by atoms with van der Waals surface area (Å²) in [6.45, 7) is 14.2. The fraction of sp³-hybridized carbons (Fsp3) is 0.364. The minimum Gasteiger partial charge on any atom is -0.0912 e. The molecule has 0 saturated carbocycles. The number of rotatable bonds is 6. The molecule has 0 aromatic heterocycles. The van der Waals surface area contributed by atoms with E-state index in [9.17, 15) is 0 Å². The Morgan fingerprint density at radius 3 is 1.17 bits per heavy atom. The SMILES string of the molecule is Cc1ccc([Si](C)(C)CC=CC[Si](C)(C)c2ccc(C)cc2)cc1. The monoisotopic (exact) mass is 352 g/mol. The van der Waals surface area contributed by atoms with Gasteiger partial charge in [-0.1, -0.05) is 108 Å². The van der Waals surface area contributed by atoms with Gasteiger partial charge in [0.1, 0.15) is 0 Å². The molecule has 0 saturated heterocycles. The molecule has 0 aliphatic heterocycles. The Morgan fingerprint density at radius 2 is 0.875 bits per heavy atom. The van der Waals surface area contributed by atoms with E-state index >= 15 is 0 Å². The highest BCUT2D eigenvalue weighted by atomic mass is 28.3. The number of aryl methyl sites for hydroxylation is 2. The highest BCUT2D eigenvalue weighted by Crippen LogP contribution is 2.15. The van der Waals surface area contributed by atoms with Gasteiger partial charge >= 0.3 is 0 Å². The van der Waals surface area contributed by atoms with Gasteiger partial charge in [0, 0.05) is 0 Å². The zero-order chi connectivity index (χ0) is 17.8. The summed E-state index contributed by atoms with van der Waals surface area (Å²) in [5, 5.41) is 3.13. The van der Waals surface area contributed by atoms with Gasteiger partial charge in [0.2, 0.25) is 0 Å². The molecule has 128 valence electrons. The van der Waals surface area contributed by atoms with Crippen molar-refractivity contribution in [3.05, 3.63) is 71.8 Å². The molecule has 0 unspecified atom stereocenters. The Bertz CT molecular complexity index is 615. The van der Waals surface area contributed by atoms with Crippen molar-refractivity contribution in [3.63, 3.8) is 0 Å². The van der Waals surface area contributed by atoms with Crippen LogP contribution in [0.5, 0.6) is 0 Å². The summed E-state index contributed by atoms with van der Waals surface area (Å²) >= 11 is 0. The van der Waals surface area contributed by atoms with Crippen LogP contribution in [0.25, 0.3) is 0 Å². The molecular formula is C22H32Si2. The van der Waals surface area contributed by atoms with E-state index in [1.807, 2.05) is 0 Å². The van der Waals surface area contributed by atoms with Gasteiger partial charge in [-0.2, -0.15) is 0 Å². The van der Waals surface area contributed by atoms with E-state index in [2.05, 4.69) is 101 Å². The molecule has 2 heteroatoms. The van der Waals surface area contributed by atoms with Crippen LogP contribution in [0.15, 0.2) is 60.7 Å². The van der Waals surface area contributed by atoms with Crippen LogP contribution < -0.4 is 10.4 Å². The lowest BCUT2D eigenvalue weighted by Crippen LogP contribution is -2.41. The molecule has 0 amide bonds. The van der Waals surface area contributed by atoms with Crippen LogP contribution in [-0.4, -0.2) is 16.1 Å². The van der Waals surface area contributed by atoms with Crippen LogP contribution in [-0.2, 0) is 0 Å². The van der Waals surface area contributed by atoms with Gasteiger partial charge in [-0.15, -0.1) is 0 Å². The van der Waals surface area contributed by atoms with E-state index in [0.29, 0.717) is 0 Å². The topological polar surface area (TPSA) is 0 Å². The number of benzene rings is 2. The second-order valence-corrected chi connectivity index (χ2v) is 17.9. The molecule has 0 aliphatic carbocycles. The van der Waals surface area contributed by atoms with Crippen molar-refractivity contribution < 1.29 is 0 Å². The molecule has 0 fully saturated rings. The Kier molecular flexibility index (Phi) is 6.05. The summed E-state index contributed by atoms with van der Waals surface area (Å²) in [4.78, 5) is 0. The third kappa shape index (κ3) is 5.05. The normalized spacial score (nSPS) is 12.8. The Labute approximate surface area is 150 Å². The van der Waals surface area contributed by atoms with Crippen LogP contribution in [0.1, 0.15) is 11.1 Å². The predicted octanol–water partition coefficient (Wildman–Crippen LogP) is 5.39. The molecule has 2 aromatic rings. The lowest BCUT2D eigenvalue weighted by molar-refractivity contribution is 1.44. The fourth-order valence-corrected chi connectivity index (χ4v) is 7.12. The van der Waals surface area contributed by atoms with Crippen molar-refractivity contribution in [3.8, 4) is 0 Å². The molecule has 0 heterocycles. The molecule has 0 N–H and O–H groups in total. The smallest absolute Gasteiger partial charge is 0.0843 e. The summed E-state index contributed by atoms with van der Waals surface area (Å²) < 4.78 is 0. The Hall–Kier alpha value is -1.39. The van der Waals surface area contributed by atoms with Gasteiger partial charge < -0.3 is 0 Å². The maximum atomic E-state index is 2.48. The lowest BCUT2D eigenvalue weighted by Gasteiger charge is -2.23. The molecule has 2 rings (SSSR count).